The molecule has 0 unspecified atom stereocenters. The monoisotopic (exact) mass is 339 g/mol. The number of aliphatic hydroxyl groups is 1. The van der Waals surface area contributed by atoms with E-state index in [2.05, 4.69) is 60.7 Å². The maximum Gasteiger partial charge on any atom is 0.0898 e. The number of rotatable bonds is 7. The zero-order valence-corrected chi connectivity index (χ0v) is 17.3. The van der Waals surface area contributed by atoms with E-state index in [-0.39, 0.29) is 16.4 Å². The first kappa shape index (κ1) is 20.2. The summed E-state index contributed by atoms with van der Waals surface area (Å²) in [5.74, 6) is 0.786. The van der Waals surface area contributed by atoms with E-state index in [9.17, 15) is 5.11 Å². The van der Waals surface area contributed by atoms with Gasteiger partial charge in [-0.15, -0.1) is 0 Å². The quantitative estimate of drug-likeness (QED) is 0.723. The number of hydrogen-bond acceptors (Lipinski definition) is 3. The average molecular weight is 340 g/mol. The lowest BCUT2D eigenvalue weighted by Gasteiger charge is -2.39. The Balaban J connectivity index is 1.78. The van der Waals surface area contributed by atoms with E-state index in [4.69, 9.17) is 4.74 Å². The number of aliphatic hydroxyl groups excluding tert-OH is 1. The Hall–Kier alpha value is -0.120. The van der Waals surface area contributed by atoms with Crippen LogP contribution in [0, 0.1) is 22.2 Å². The standard InChI is InChI=1S/C21H41NO2/c1-18(2,3)14-19(4,5)22-12-16(23)13-24-17-11-15-9-10-21(17,8)20(15,6)7/h15-17,22-23H,9-14H2,1-8H3/t15-,16-,17-,21+/m1/s1. The first-order valence-corrected chi connectivity index (χ1v) is 9.82. The molecule has 2 bridgehead atoms. The van der Waals surface area contributed by atoms with Crippen molar-refractivity contribution in [3.63, 3.8) is 0 Å². The third kappa shape index (κ3) is 4.16. The second-order valence-corrected chi connectivity index (χ2v) is 11.1. The zero-order valence-electron chi connectivity index (χ0n) is 17.3. The van der Waals surface area contributed by atoms with Gasteiger partial charge in [-0.2, -0.15) is 0 Å². The van der Waals surface area contributed by atoms with Crippen LogP contribution < -0.4 is 5.32 Å². The first-order valence-electron chi connectivity index (χ1n) is 9.82. The van der Waals surface area contributed by atoms with E-state index in [0.29, 0.717) is 24.7 Å². The van der Waals surface area contributed by atoms with Gasteiger partial charge in [-0.3, -0.25) is 0 Å². The molecule has 2 N–H and O–H groups in total. The Labute approximate surface area is 149 Å². The maximum atomic E-state index is 10.4. The molecule has 3 heteroatoms. The summed E-state index contributed by atoms with van der Waals surface area (Å²) in [4.78, 5) is 0. The lowest BCUT2D eigenvalue weighted by Crippen LogP contribution is -2.47. The Bertz CT molecular complexity index is 438. The minimum Gasteiger partial charge on any atom is -0.389 e. The molecule has 0 aromatic carbocycles. The van der Waals surface area contributed by atoms with Crippen LogP contribution in [-0.2, 0) is 4.74 Å². The normalized spacial score (nSPS) is 33.9. The molecule has 4 atom stereocenters. The summed E-state index contributed by atoms with van der Waals surface area (Å²) in [6.45, 7) is 19.4. The van der Waals surface area contributed by atoms with Gasteiger partial charge in [0.2, 0.25) is 0 Å². The Morgan fingerprint density at radius 3 is 2.25 bits per heavy atom. The van der Waals surface area contributed by atoms with Gasteiger partial charge in [0.05, 0.1) is 18.8 Å². The van der Waals surface area contributed by atoms with Gasteiger partial charge in [-0.1, -0.05) is 41.5 Å². The van der Waals surface area contributed by atoms with Crippen LogP contribution in [0.25, 0.3) is 0 Å². The molecule has 142 valence electrons. The molecule has 2 rings (SSSR count). The van der Waals surface area contributed by atoms with Gasteiger partial charge in [-0.05, 0) is 61.7 Å². The number of ether oxygens (including phenoxy) is 1. The molecular formula is C21H41NO2. The summed E-state index contributed by atoms with van der Waals surface area (Å²) in [5, 5.41) is 13.9. The van der Waals surface area contributed by atoms with E-state index in [0.717, 1.165) is 12.3 Å². The lowest BCUT2D eigenvalue weighted by atomic mass is 9.70. The molecule has 3 nitrogen and oxygen atoms in total. The van der Waals surface area contributed by atoms with Crippen molar-refractivity contribution in [1.82, 2.24) is 5.32 Å². The van der Waals surface area contributed by atoms with Crippen molar-refractivity contribution in [2.45, 2.75) is 98.8 Å². The fraction of sp³-hybridized carbons (Fsp3) is 1.00. The molecule has 0 aliphatic heterocycles. The van der Waals surface area contributed by atoms with E-state index >= 15 is 0 Å². The summed E-state index contributed by atoms with van der Waals surface area (Å²) in [6.07, 6.45) is 4.72. The van der Waals surface area contributed by atoms with Gasteiger partial charge in [0.25, 0.3) is 0 Å². The fourth-order valence-electron chi connectivity index (χ4n) is 5.45. The van der Waals surface area contributed by atoms with Gasteiger partial charge in [-0.25, -0.2) is 0 Å². The minimum atomic E-state index is -0.435. The zero-order chi connectivity index (χ0) is 18.4. The van der Waals surface area contributed by atoms with Gasteiger partial charge < -0.3 is 15.2 Å². The third-order valence-electron chi connectivity index (χ3n) is 6.99. The summed E-state index contributed by atoms with van der Waals surface area (Å²) in [6, 6.07) is 0. The highest BCUT2D eigenvalue weighted by Crippen LogP contribution is 2.66. The highest BCUT2D eigenvalue weighted by atomic mass is 16.5. The maximum absolute atomic E-state index is 10.4. The average Bonchev–Trinajstić information content (AvgIpc) is 2.73. The molecule has 0 aromatic rings. The molecule has 2 aliphatic carbocycles. The molecule has 0 saturated heterocycles. The van der Waals surface area contributed by atoms with Crippen LogP contribution in [-0.4, -0.2) is 36.0 Å². The number of hydrogen-bond donors (Lipinski definition) is 2. The molecule has 0 aromatic heterocycles. The van der Waals surface area contributed by atoms with Crippen molar-refractivity contribution in [3.8, 4) is 0 Å². The third-order valence-corrected chi connectivity index (χ3v) is 6.99. The summed E-state index contributed by atoms with van der Waals surface area (Å²) < 4.78 is 6.21. The second kappa shape index (κ2) is 6.55. The van der Waals surface area contributed by atoms with Gasteiger partial charge in [0.1, 0.15) is 0 Å². The largest absolute Gasteiger partial charge is 0.389 e. The molecule has 0 radical (unpaired) electrons. The van der Waals surface area contributed by atoms with Crippen LogP contribution in [0.5, 0.6) is 0 Å². The SMILES string of the molecule is CC(C)(C)CC(C)(C)NC[C@@H](O)CO[C@@H]1C[C@H]2CC[C@]1(C)C2(C)C. The topological polar surface area (TPSA) is 41.5 Å². The van der Waals surface area contributed by atoms with Crippen LogP contribution in [0.2, 0.25) is 0 Å². The number of nitrogens with one attached hydrogen (secondary N) is 1. The molecule has 0 amide bonds. The molecule has 2 saturated carbocycles. The van der Waals surface area contributed by atoms with Crippen LogP contribution in [0.4, 0.5) is 0 Å². The van der Waals surface area contributed by atoms with E-state index < -0.39 is 6.10 Å². The number of fused-ring (bicyclic) bond motifs is 2. The van der Waals surface area contributed by atoms with Crippen LogP contribution in [0.15, 0.2) is 0 Å². The summed E-state index contributed by atoms with van der Waals surface area (Å²) >= 11 is 0. The second-order valence-electron chi connectivity index (χ2n) is 11.1. The van der Waals surface area contributed by atoms with Crippen LogP contribution in [0.3, 0.4) is 0 Å². The highest BCUT2D eigenvalue weighted by Gasteiger charge is 2.61. The van der Waals surface area contributed by atoms with Crippen molar-refractivity contribution < 1.29 is 9.84 Å². The van der Waals surface area contributed by atoms with Crippen molar-refractivity contribution in [1.29, 1.82) is 0 Å². The molecule has 2 fully saturated rings. The predicted molar refractivity (Wildman–Crippen MR) is 101 cm³/mol. The van der Waals surface area contributed by atoms with Crippen LogP contribution >= 0.6 is 0 Å². The lowest BCUT2D eigenvalue weighted by molar-refractivity contribution is -0.0750. The molecule has 0 heterocycles. The van der Waals surface area contributed by atoms with Crippen molar-refractivity contribution in [2.24, 2.45) is 22.2 Å². The highest BCUT2D eigenvalue weighted by molar-refractivity contribution is 5.11. The van der Waals surface area contributed by atoms with Crippen molar-refractivity contribution >= 4 is 0 Å². The summed E-state index contributed by atoms with van der Waals surface area (Å²) in [5.41, 5.74) is 0.951. The smallest absolute Gasteiger partial charge is 0.0898 e. The van der Waals surface area contributed by atoms with E-state index in [1.807, 2.05) is 0 Å². The van der Waals surface area contributed by atoms with Gasteiger partial charge >= 0.3 is 0 Å². The Morgan fingerprint density at radius 1 is 1.17 bits per heavy atom. The van der Waals surface area contributed by atoms with E-state index in [1.165, 1.54) is 19.3 Å². The molecular weight excluding hydrogens is 298 g/mol. The van der Waals surface area contributed by atoms with E-state index in [1.54, 1.807) is 0 Å². The Kier molecular flexibility index (Phi) is 5.52. The number of β-amino-alcohol motifs (C(OH)–C–C–N with tert-alkyl or cyclic N) is 1. The summed E-state index contributed by atoms with van der Waals surface area (Å²) in [7, 11) is 0. The molecule has 2 aliphatic rings. The Morgan fingerprint density at radius 2 is 1.79 bits per heavy atom. The van der Waals surface area contributed by atoms with Crippen LogP contribution in [0.1, 0.15) is 81.1 Å². The van der Waals surface area contributed by atoms with Crippen molar-refractivity contribution in [3.05, 3.63) is 0 Å². The minimum absolute atomic E-state index is 0.0274. The van der Waals surface area contributed by atoms with Gasteiger partial charge in [0.15, 0.2) is 0 Å². The fourth-order valence-corrected chi connectivity index (χ4v) is 5.45. The predicted octanol–water partition coefficient (Wildman–Crippen LogP) is 4.38. The first-order chi connectivity index (χ1) is 10.8. The molecule has 24 heavy (non-hydrogen) atoms. The van der Waals surface area contributed by atoms with Crippen molar-refractivity contribution in [2.75, 3.05) is 13.2 Å². The van der Waals surface area contributed by atoms with Gasteiger partial charge in [0, 0.05) is 12.1 Å². The molecule has 0 spiro atoms.